The molecule has 8 nitrogen and oxygen atoms in total. The monoisotopic (exact) mass is 381 g/mol. The van der Waals surface area contributed by atoms with Crippen LogP contribution in [0.15, 0.2) is 55.0 Å². The summed E-state index contributed by atoms with van der Waals surface area (Å²) in [6.45, 7) is 0. The van der Waals surface area contributed by atoms with Crippen molar-refractivity contribution >= 4 is 29.1 Å². The number of Topliss-reactive ketones (excluding diaryl/α,β-unsaturated/α-hetero) is 1. The lowest BCUT2D eigenvalue weighted by Gasteiger charge is -2.16. The van der Waals surface area contributed by atoms with Crippen LogP contribution in [0, 0.1) is 0 Å². The van der Waals surface area contributed by atoms with Crippen molar-refractivity contribution in [2.75, 3.05) is 0 Å². The van der Waals surface area contributed by atoms with Gasteiger partial charge in [0.2, 0.25) is 5.78 Å². The fourth-order valence-electron chi connectivity index (χ4n) is 2.45. The molecule has 2 amide bonds. The highest BCUT2D eigenvalue weighted by Crippen LogP contribution is 2.24. The largest absolute Gasteiger partial charge is 0.363 e. The lowest BCUT2D eigenvalue weighted by atomic mass is 10.0. The number of hydrogen-bond donors (Lipinski definition) is 2. The molecule has 0 fully saturated rings. The number of benzene rings is 1. The molecule has 2 aromatic heterocycles. The minimum Gasteiger partial charge on any atom is -0.363 e. The van der Waals surface area contributed by atoms with Crippen molar-refractivity contribution in [1.29, 1.82) is 0 Å². The maximum Gasteiger partial charge on any atom is 0.287 e. The molecule has 3 N–H and O–H groups in total. The molecule has 136 valence electrons. The van der Waals surface area contributed by atoms with Gasteiger partial charge in [-0.05, 0) is 23.2 Å². The van der Waals surface area contributed by atoms with Crippen LogP contribution < -0.4 is 11.1 Å². The number of aromatic nitrogens is 3. The van der Waals surface area contributed by atoms with Gasteiger partial charge >= 0.3 is 0 Å². The second-order valence-electron chi connectivity index (χ2n) is 5.59. The van der Waals surface area contributed by atoms with Crippen molar-refractivity contribution in [1.82, 2.24) is 19.7 Å². The first-order chi connectivity index (χ1) is 13.1. The van der Waals surface area contributed by atoms with Crippen molar-refractivity contribution in [2.45, 2.75) is 12.5 Å². The molecule has 9 heteroatoms. The van der Waals surface area contributed by atoms with E-state index in [1.165, 1.54) is 6.20 Å². The van der Waals surface area contributed by atoms with Gasteiger partial charge in [-0.1, -0.05) is 30.3 Å². The van der Waals surface area contributed by atoms with Crippen molar-refractivity contribution in [3.05, 3.63) is 66.1 Å². The normalized spacial score (nSPS) is 11.6. The van der Waals surface area contributed by atoms with Crippen LogP contribution in [0.1, 0.15) is 15.9 Å². The van der Waals surface area contributed by atoms with Crippen LogP contribution in [0.2, 0.25) is 0 Å². The molecule has 1 atom stereocenters. The molecule has 0 spiro atoms. The SMILES string of the molecule is NC(=O)C(=O)C(Cc1ccccc1)NC(=O)c1cnsc1-c1ncccn1. The molecule has 2 heterocycles. The fourth-order valence-corrected chi connectivity index (χ4v) is 3.14. The Balaban J connectivity index is 1.84. The Labute approximate surface area is 158 Å². The number of hydrogen-bond acceptors (Lipinski definition) is 7. The summed E-state index contributed by atoms with van der Waals surface area (Å²) in [5, 5.41) is 2.58. The predicted octanol–water partition coefficient (Wildman–Crippen LogP) is 0.996. The highest BCUT2D eigenvalue weighted by molar-refractivity contribution is 7.09. The van der Waals surface area contributed by atoms with E-state index in [0.717, 1.165) is 17.1 Å². The molecule has 3 aromatic rings. The number of carbonyl (C=O) groups is 3. The topological polar surface area (TPSA) is 128 Å². The van der Waals surface area contributed by atoms with Crippen LogP contribution in [0.5, 0.6) is 0 Å². The number of primary amides is 1. The molecule has 0 saturated carbocycles. The van der Waals surface area contributed by atoms with E-state index in [1.54, 1.807) is 42.7 Å². The lowest BCUT2D eigenvalue weighted by molar-refractivity contribution is -0.137. The number of nitrogens with zero attached hydrogens (tertiary/aromatic N) is 3. The van der Waals surface area contributed by atoms with Gasteiger partial charge in [0.05, 0.1) is 11.8 Å². The molecule has 0 saturated heterocycles. The summed E-state index contributed by atoms with van der Waals surface area (Å²) < 4.78 is 4.02. The minimum absolute atomic E-state index is 0.142. The lowest BCUT2D eigenvalue weighted by Crippen LogP contribution is -2.47. The smallest absolute Gasteiger partial charge is 0.287 e. The zero-order chi connectivity index (χ0) is 19.2. The Hall–Kier alpha value is -3.46. The van der Waals surface area contributed by atoms with Crippen LogP contribution in [0.3, 0.4) is 0 Å². The third-order valence-corrected chi connectivity index (χ3v) is 4.53. The van der Waals surface area contributed by atoms with Crippen molar-refractivity contribution in [3.8, 4) is 10.7 Å². The van der Waals surface area contributed by atoms with Gasteiger partial charge in [0.15, 0.2) is 5.82 Å². The predicted molar refractivity (Wildman–Crippen MR) is 98.7 cm³/mol. The van der Waals surface area contributed by atoms with E-state index in [0.29, 0.717) is 10.7 Å². The van der Waals surface area contributed by atoms with Gasteiger partial charge < -0.3 is 11.1 Å². The van der Waals surface area contributed by atoms with Gasteiger partial charge in [-0.3, -0.25) is 14.4 Å². The van der Waals surface area contributed by atoms with E-state index in [1.807, 2.05) is 6.07 Å². The van der Waals surface area contributed by atoms with Gasteiger partial charge in [-0.2, -0.15) is 4.37 Å². The average molecular weight is 381 g/mol. The maximum atomic E-state index is 12.7. The molecule has 27 heavy (non-hydrogen) atoms. The number of ketones is 1. The number of carbonyl (C=O) groups excluding carboxylic acids is 3. The Kier molecular flexibility index (Phi) is 5.62. The summed E-state index contributed by atoms with van der Waals surface area (Å²) in [5.41, 5.74) is 6.14. The van der Waals surface area contributed by atoms with E-state index < -0.39 is 23.6 Å². The Morgan fingerprint density at radius 1 is 1.07 bits per heavy atom. The summed E-state index contributed by atoms with van der Waals surface area (Å²) in [5.74, 6) is -2.17. The molecule has 0 bridgehead atoms. The summed E-state index contributed by atoms with van der Waals surface area (Å²) >= 11 is 1.06. The molecular weight excluding hydrogens is 366 g/mol. The highest BCUT2D eigenvalue weighted by atomic mass is 32.1. The third-order valence-electron chi connectivity index (χ3n) is 3.73. The molecule has 0 aliphatic carbocycles. The highest BCUT2D eigenvalue weighted by Gasteiger charge is 2.27. The zero-order valence-corrected chi connectivity index (χ0v) is 14.8. The van der Waals surface area contributed by atoms with Gasteiger partial charge in [0.25, 0.3) is 11.8 Å². The zero-order valence-electron chi connectivity index (χ0n) is 14.0. The van der Waals surface area contributed by atoms with Crippen LogP contribution in [0.25, 0.3) is 10.7 Å². The van der Waals surface area contributed by atoms with Crippen LogP contribution >= 0.6 is 11.5 Å². The molecular formula is C18H15N5O3S. The number of nitrogens with two attached hydrogens (primary N) is 1. The summed E-state index contributed by atoms with van der Waals surface area (Å²) in [4.78, 5) is 45.0. The minimum atomic E-state index is -1.11. The maximum absolute atomic E-state index is 12.7. The first kappa shape index (κ1) is 18.3. The number of rotatable bonds is 7. The van der Waals surface area contributed by atoms with Crippen LogP contribution in [0.4, 0.5) is 0 Å². The van der Waals surface area contributed by atoms with E-state index in [4.69, 9.17) is 5.73 Å². The van der Waals surface area contributed by atoms with Crippen LogP contribution in [-0.2, 0) is 16.0 Å². The molecule has 1 unspecified atom stereocenters. The first-order valence-corrected chi connectivity index (χ1v) is 8.74. The van der Waals surface area contributed by atoms with Crippen molar-refractivity contribution in [3.63, 3.8) is 0 Å². The molecule has 0 aliphatic heterocycles. The first-order valence-electron chi connectivity index (χ1n) is 7.96. The van der Waals surface area contributed by atoms with Gasteiger partial charge in [0.1, 0.15) is 10.9 Å². The average Bonchev–Trinajstić information content (AvgIpc) is 3.18. The van der Waals surface area contributed by atoms with Crippen LogP contribution in [-0.4, -0.2) is 38.0 Å². The van der Waals surface area contributed by atoms with E-state index in [9.17, 15) is 14.4 Å². The van der Waals surface area contributed by atoms with E-state index >= 15 is 0 Å². The standard InChI is InChI=1S/C18H15N5O3S/c19-16(25)14(24)13(9-11-5-2-1-3-6-11)23-18(26)12-10-22-27-15(12)17-20-7-4-8-21-17/h1-8,10,13H,9H2,(H2,19,25)(H,23,26). The quantitative estimate of drug-likeness (QED) is 0.588. The second kappa shape index (κ2) is 8.28. The summed E-state index contributed by atoms with van der Waals surface area (Å²) in [6.07, 6.45) is 4.63. The summed E-state index contributed by atoms with van der Waals surface area (Å²) in [7, 11) is 0. The molecule has 0 aliphatic rings. The van der Waals surface area contributed by atoms with Gasteiger partial charge in [-0.15, -0.1) is 0 Å². The van der Waals surface area contributed by atoms with E-state index in [2.05, 4.69) is 19.7 Å². The Bertz CT molecular complexity index is 959. The third kappa shape index (κ3) is 4.39. The molecule has 3 rings (SSSR count). The number of amides is 2. The Morgan fingerprint density at radius 3 is 2.44 bits per heavy atom. The molecule has 1 aromatic carbocycles. The van der Waals surface area contributed by atoms with Gasteiger partial charge in [0, 0.05) is 18.8 Å². The Morgan fingerprint density at radius 2 is 1.78 bits per heavy atom. The summed E-state index contributed by atoms with van der Waals surface area (Å²) in [6, 6.07) is 9.60. The van der Waals surface area contributed by atoms with E-state index in [-0.39, 0.29) is 12.0 Å². The van der Waals surface area contributed by atoms with Gasteiger partial charge in [-0.25, -0.2) is 9.97 Å². The van der Waals surface area contributed by atoms with Crippen molar-refractivity contribution in [2.24, 2.45) is 5.73 Å². The number of nitrogens with one attached hydrogen (secondary N) is 1. The second-order valence-corrected chi connectivity index (χ2v) is 6.39. The molecule has 0 radical (unpaired) electrons. The fraction of sp³-hybridized carbons (Fsp3) is 0.111. The van der Waals surface area contributed by atoms with Crippen molar-refractivity contribution < 1.29 is 14.4 Å².